The summed E-state index contributed by atoms with van der Waals surface area (Å²) in [6, 6.07) is 1.37. The molecule has 0 spiro atoms. The second-order valence-electron chi connectivity index (χ2n) is 3.84. The van der Waals surface area contributed by atoms with Crippen LogP contribution in [0.2, 0.25) is 0 Å². The Morgan fingerprint density at radius 3 is 2.75 bits per heavy atom. The van der Waals surface area contributed by atoms with E-state index in [1.54, 1.807) is 0 Å². The van der Waals surface area contributed by atoms with Crippen molar-refractivity contribution < 1.29 is 14.7 Å². The monoisotopic (exact) mass is 220 g/mol. The van der Waals surface area contributed by atoms with Crippen LogP contribution in [0.4, 0.5) is 5.69 Å². The molecule has 1 fully saturated rings. The number of carboxylic acids is 1. The molecular formula is C11H12N2O3. The first-order chi connectivity index (χ1) is 7.68. The van der Waals surface area contributed by atoms with E-state index in [0.29, 0.717) is 0 Å². The number of carbonyl (C=O) groups is 2. The van der Waals surface area contributed by atoms with Crippen molar-refractivity contribution in [2.75, 3.05) is 5.32 Å². The van der Waals surface area contributed by atoms with Gasteiger partial charge in [-0.2, -0.15) is 0 Å². The van der Waals surface area contributed by atoms with Gasteiger partial charge in [-0.05, 0) is 18.9 Å². The zero-order valence-electron chi connectivity index (χ0n) is 8.64. The minimum atomic E-state index is -1.06. The number of carboxylic acid groups (broad SMARTS) is 1. The van der Waals surface area contributed by atoms with Gasteiger partial charge in [-0.3, -0.25) is 9.78 Å². The highest BCUT2D eigenvalue weighted by Crippen LogP contribution is 2.28. The number of carbonyl (C=O) groups excluding carboxylic acids is 1. The number of hydrogen-bond acceptors (Lipinski definition) is 3. The van der Waals surface area contributed by atoms with Gasteiger partial charge in [-0.1, -0.05) is 6.42 Å². The predicted molar refractivity (Wildman–Crippen MR) is 57.2 cm³/mol. The number of anilines is 1. The number of nitrogens with one attached hydrogen (secondary N) is 1. The number of nitrogens with zero attached hydrogens (tertiary/aromatic N) is 1. The fourth-order valence-electron chi connectivity index (χ4n) is 1.59. The van der Waals surface area contributed by atoms with Crippen molar-refractivity contribution in [3.63, 3.8) is 0 Å². The Labute approximate surface area is 92.5 Å². The Morgan fingerprint density at radius 2 is 2.19 bits per heavy atom. The predicted octanol–water partition coefficient (Wildman–Crippen LogP) is 1.52. The third-order valence-electron chi connectivity index (χ3n) is 2.79. The molecule has 1 amide bonds. The molecule has 1 aliphatic carbocycles. The second kappa shape index (κ2) is 4.30. The molecule has 84 valence electrons. The molecule has 0 bridgehead atoms. The number of aromatic carboxylic acids is 1. The number of hydrogen-bond donors (Lipinski definition) is 2. The molecule has 16 heavy (non-hydrogen) atoms. The minimum Gasteiger partial charge on any atom is -0.478 e. The molecule has 0 unspecified atom stereocenters. The number of pyridine rings is 1. The van der Waals surface area contributed by atoms with Crippen LogP contribution < -0.4 is 5.32 Å². The summed E-state index contributed by atoms with van der Waals surface area (Å²) in [6.07, 6.45) is 5.59. The fraction of sp³-hybridized carbons (Fsp3) is 0.364. The smallest absolute Gasteiger partial charge is 0.337 e. The SMILES string of the molecule is O=C(O)c1ccncc1NC(=O)C1CCC1. The van der Waals surface area contributed by atoms with Crippen molar-refractivity contribution in [1.29, 1.82) is 0 Å². The average Bonchev–Trinajstić information content (AvgIpc) is 2.15. The van der Waals surface area contributed by atoms with Crippen molar-refractivity contribution in [2.45, 2.75) is 19.3 Å². The highest BCUT2D eigenvalue weighted by atomic mass is 16.4. The maximum atomic E-state index is 11.6. The zero-order valence-corrected chi connectivity index (χ0v) is 8.64. The summed E-state index contributed by atoms with van der Waals surface area (Å²) in [5.74, 6) is -1.14. The number of amides is 1. The van der Waals surface area contributed by atoms with Gasteiger partial charge in [0.2, 0.25) is 5.91 Å². The van der Waals surface area contributed by atoms with Crippen molar-refractivity contribution in [1.82, 2.24) is 4.98 Å². The van der Waals surface area contributed by atoms with Crippen LogP contribution in [0.3, 0.4) is 0 Å². The summed E-state index contributed by atoms with van der Waals surface area (Å²) in [5.41, 5.74) is 0.342. The van der Waals surface area contributed by atoms with E-state index in [0.717, 1.165) is 19.3 Å². The van der Waals surface area contributed by atoms with Gasteiger partial charge in [-0.15, -0.1) is 0 Å². The van der Waals surface area contributed by atoms with Crippen LogP contribution in [-0.4, -0.2) is 22.0 Å². The van der Waals surface area contributed by atoms with E-state index in [-0.39, 0.29) is 23.1 Å². The molecule has 1 aromatic heterocycles. The van der Waals surface area contributed by atoms with Gasteiger partial charge in [0.1, 0.15) is 0 Å². The summed E-state index contributed by atoms with van der Waals surface area (Å²) < 4.78 is 0. The van der Waals surface area contributed by atoms with E-state index in [9.17, 15) is 9.59 Å². The van der Waals surface area contributed by atoms with Gasteiger partial charge in [0.05, 0.1) is 17.4 Å². The standard InChI is InChI=1S/C11H12N2O3/c14-10(7-2-1-3-7)13-9-6-12-5-4-8(9)11(15)16/h4-7H,1-3H2,(H,13,14)(H,15,16). The van der Waals surface area contributed by atoms with E-state index >= 15 is 0 Å². The Hall–Kier alpha value is -1.91. The molecule has 1 heterocycles. The molecule has 0 radical (unpaired) electrons. The molecular weight excluding hydrogens is 208 g/mol. The third-order valence-corrected chi connectivity index (χ3v) is 2.79. The highest BCUT2D eigenvalue weighted by molar-refractivity contribution is 6.01. The Kier molecular flexibility index (Phi) is 2.85. The number of rotatable bonds is 3. The van der Waals surface area contributed by atoms with E-state index < -0.39 is 5.97 Å². The van der Waals surface area contributed by atoms with Crippen molar-refractivity contribution in [2.24, 2.45) is 5.92 Å². The van der Waals surface area contributed by atoms with Crippen molar-refractivity contribution >= 4 is 17.6 Å². The van der Waals surface area contributed by atoms with Gasteiger partial charge in [0.25, 0.3) is 0 Å². The molecule has 5 heteroatoms. The summed E-state index contributed by atoms with van der Waals surface area (Å²) in [4.78, 5) is 26.3. The lowest BCUT2D eigenvalue weighted by Crippen LogP contribution is -2.28. The first-order valence-corrected chi connectivity index (χ1v) is 5.16. The fourth-order valence-corrected chi connectivity index (χ4v) is 1.59. The molecule has 5 nitrogen and oxygen atoms in total. The topological polar surface area (TPSA) is 79.3 Å². The third kappa shape index (κ3) is 2.03. The molecule has 1 aliphatic rings. The molecule has 0 atom stereocenters. The number of aromatic nitrogens is 1. The Morgan fingerprint density at radius 1 is 1.44 bits per heavy atom. The molecule has 2 rings (SSSR count). The van der Waals surface area contributed by atoms with Crippen LogP contribution in [-0.2, 0) is 4.79 Å². The first kappa shape index (κ1) is 10.6. The van der Waals surface area contributed by atoms with Gasteiger partial charge in [0.15, 0.2) is 0 Å². The molecule has 1 saturated carbocycles. The lowest BCUT2D eigenvalue weighted by molar-refractivity contribution is -0.122. The quantitative estimate of drug-likeness (QED) is 0.809. The maximum absolute atomic E-state index is 11.6. The van der Waals surface area contributed by atoms with E-state index in [1.165, 1.54) is 18.5 Å². The van der Waals surface area contributed by atoms with Gasteiger partial charge in [-0.25, -0.2) is 4.79 Å². The molecule has 0 aliphatic heterocycles. The minimum absolute atomic E-state index is 0.0295. The first-order valence-electron chi connectivity index (χ1n) is 5.16. The molecule has 0 saturated heterocycles. The normalized spacial score (nSPS) is 15.2. The molecule has 2 N–H and O–H groups in total. The van der Waals surface area contributed by atoms with Gasteiger partial charge >= 0.3 is 5.97 Å². The van der Waals surface area contributed by atoms with Crippen LogP contribution in [0.1, 0.15) is 29.6 Å². The summed E-state index contributed by atoms with van der Waals surface area (Å²) in [6.45, 7) is 0. The van der Waals surface area contributed by atoms with Crippen LogP contribution in [0.25, 0.3) is 0 Å². The Bertz CT molecular complexity index is 427. The van der Waals surface area contributed by atoms with Gasteiger partial charge in [0, 0.05) is 12.1 Å². The van der Waals surface area contributed by atoms with Gasteiger partial charge < -0.3 is 10.4 Å². The average molecular weight is 220 g/mol. The lowest BCUT2D eigenvalue weighted by atomic mass is 9.85. The van der Waals surface area contributed by atoms with E-state index in [4.69, 9.17) is 5.11 Å². The van der Waals surface area contributed by atoms with Crippen LogP contribution >= 0.6 is 0 Å². The second-order valence-corrected chi connectivity index (χ2v) is 3.84. The van der Waals surface area contributed by atoms with E-state index in [2.05, 4.69) is 10.3 Å². The Balaban J connectivity index is 2.13. The van der Waals surface area contributed by atoms with Crippen LogP contribution in [0, 0.1) is 5.92 Å². The summed E-state index contributed by atoms with van der Waals surface area (Å²) >= 11 is 0. The largest absolute Gasteiger partial charge is 0.478 e. The molecule has 1 aromatic rings. The highest BCUT2D eigenvalue weighted by Gasteiger charge is 2.26. The van der Waals surface area contributed by atoms with Crippen LogP contribution in [0.5, 0.6) is 0 Å². The summed E-state index contributed by atoms with van der Waals surface area (Å²) in [5, 5.41) is 11.5. The van der Waals surface area contributed by atoms with Crippen molar-refractivity contribution in [3.8, 4) is 0 Å². The maximum Gasteiger partial charge on any atom is 0.337 e. The van der Waals surface area contributed by atoms with E-state index in [1.807, 2.05) is 0 Å². The lowest BCUT2D eigenvalue weighted by Gasteiger charge is -2.24. The zero-order chi connectivity index (χ0) is 11.5. The molecule has 0 aromatic carbocycles. The van der Waals surface area contributed by atoms with Crippen LogP contribution in [0.15, 0.2) is 18.5 Å². The van der Waals surface area contributed by atoms with Crippen molar-refractivity contribution in [3.05, 3.63) is 24.0 Å². The summed E-state index contributed by atoms with van der Waals surface area (Å²) in [7, 11) is 0.